The molecule has 0 aliphatic rings. The third-order valence-corrected chi connectivity index (χ3v) is 4.00. The van der Waals surface area contributed by atoms with E-state index in [4.69, 9.17) is 4.74 Å². The zero-order chi connectivity index (χ0) is 16.4. The van der Waals surface area contributed by atoms with Crippen LogP contribution in [0.25, 0.3) is 0 Å². The zero-order valence-corrected chi connectivity index (χ0v) is 14.2. The van der Waals surface area contributed by atoms with Gasteiger partial charge in [0.05, 0.1) is 0 Å². The van der Waals surface area contributed by atoms with Crippen molar-refractivity contribution in [2.75, 3.05) is 0 Å². The molecule has 0 aliphatic heterocycles. The molecular formula is C16H22BrNO4. The van der Waals surface area contributed by atoms with Crippen LogP contribution < -0.4 is 5.32 Å². The monoisotopic (exact) mass is 371 g/mol. The molecule has 1 amide bonds. The normalized spacial score (nSPS) is 13.2. The lowest BCUT2D eigenvalue weighted by Gasteiger charge is -2.17. The van der Waals surface area contributed by atoms with E-state index in [2.05, 4.69) is 28.2 Å². The maximum absolute atomic E-state index is 11.7. The summed E-state index contributed by atoms with van der Waals surface area (Å²) in [5, 5.41) is 11.6. The van der Waals surface area contributed by atoms with E-state index in [1.165, 1.54) is 0 Å². The molecule has 0 saturated carbocycles. The van der Waals surface area contributed by atoms with E-state index < -0.39 is 18.1 Å². The average Bonchev–Trinajstić information content (AvgIpc) is 2.51. The average molecular weight is 372 g/mol. The Bertz CT molecular complexity index is 466. The highest BCUT2D eigenvalue weighted by molar-refractivity contribution is 9.09. The van der Waals surface area contributed by atoms with Crippen LogP contribution in [0, 0.1) is 0 Å². The summed E-state index contributed by atoms with van der Waals surface area (Å²) >= 11 is 3.46. The summed E-state index contributed by atoms with van der Waals surface area (Å²) in [5.41, 5.74) is 0.853. The maximum atomic E-state index is 11.7. The minimum atomic E-state index is -1.06. The van der Waals surface area contributed by atoms with Gasteiger partial charge in [-0.2, -0.15) is 0 Å². The number of alkyl carbamates (subject to hydrolysis) is 1. The van der Waals surface area contributed by atoms with Gasteiger partial charge in [0.1, 0.15) is 12.6 Å². The van der Waals surface area contributed by atoms with E-state index in [9.17, 15) is 14.7 Å². The van der Waals surface area contributed by atoms with Crippen molar-refractivity contribution in [3.05, 3.63) is 35.9 Å². The Morgan fingerprint density at radius 3 is 2.59 bits per heavy atom. The van der Waals surface area contributed by atoms with Crippen LogP contribution in [0.3, 0.4) is 0 Å². The molecule has 1 aromatic rings. The molecule has 22 heavy (non-hydrogen) atoms. The minimum absolute atomic E-state index is 0.0583. The number of halogens is 1. The summed E-state index contributed by atoms with van der Waals surface area (Å²) in [6.45, 7) is 2.19. The van der Waals surface area contributed by atoms with Gasteiger partial charge in [-0.25, -0.2) is 9.59 Å². The van der Waals surface area contributed by atoms with Gasteiger partial charge in [-0.05, 0) is 18.4 Å². The Balaban J connectivity index is 2.41. The Labute approximate surface area is 139 Å². The molecule has 0 radical (unpaired) electrons. The van der Waals surface area contributed by atoms with Gasteiger partial charge >= 0.3 is 12.1 Å². The largest absolute Gasteiger partial charge is 0.480 e. The predicted molar refractivity (Wildman–Crippen MR) is 88.0 cm³/mol. The molecule has 5 nitrogen and oxygen atoms in total. The van der Waals surface area contributed by atoms with Crippen molar-refractivity contribution in [1.82, 2.24) is 5.32 Å². The molecule has 2 unspecified atom stereocenters. The highest BCUT2D eigenvalue weighted by Gasteiger charge is 2.23. The number of carboxylic acid groups (broad SMARTS) is 1. The van der Waals surface area contributed by atoms with Crippen LogP contribution >= 0.6 is 15.9 Å². The van der Waals surface area contributed by atoms with E-state index in [0.717, 1.165) is 24.8 Å². The van der Waals surface area contributed by atoms with Gasteiger partial charge in [-0.15, -0.1) is 0 Å². The summed E-state index contributed by atoms with van der Waals surface area (Å²) in [7, 11) is 0. The van der Waals surface area contributed by atoms with Crippen LogP contribution in [-0.2, 0) is 16.1 Å². The van der Waals surface area contributed by atoms with Crippen LogP contribution in [0.2, 0.25) is 0 Å². The molecule has 0 fully saturated rings. The van der Waals surface area contributed by atoms with Crippen LogP contribution in [-0.4, -0.2) is 28.0 Å². The minimum Gasteiger partial charge on any atom is -0.480 e. The van der Waals surface area contributed by atoms with Gasteiger partial charge in [-0.3, -0.25) is 0 Å². The van der Waals surface area contributed by atoms with Gasteiger partial charge in [0.15, 0.2) is 0 Å². The number of hydrogen-bond acceptors (Lipinski definition) is 3. The van der Waals surface area contributed by atoms with Crippen molar-refractivity contribution >= 4 is 28.0 Å². The molecule has 0 aliphatic carbocycles. The topological polar surface area (TPSA) is 75.6 Å². The number of rotatable bonds is 9. The number of aliphatic carboxylic acids is 1. The second kappa shape index (κ2) is 10.2. The second-order valence-electron chi connectivity index (χ2n) is 5.07. The maximum Gasteiger partial charge on any atom is 0.408 e. The fourth-order valence-electron chi connectivity index (χ4n) is 1.93. The summed E-state index contributed by atoms with van der Waals surface area (Å²) in [5.74, 6) is -1.06. The number of unbranched alkanes of at least 4 members (excludes halogenated alkanes) is 1. The highest BCUT2D eigenvalue weighted by Crippen LogP contribution is 2.16. The second-order valence-corrected chi connectivity index (χ2v) is 6.37. The van der Waals surface area contributed by atoms with Crippen molar-refractivity contribution in [1.29, 1.82) is 0 Å². The molecule has 0 spiro atoms. The lowest BCUT2D eigenvalue weighted by molar-refractivity contribution is -0.139. The van der Waals surface area contributed by atoms with E-state index in [0.29, 0.717) is 6.42 Å². The number of benzene rings is 1. The number of amides is 1. The van der Waals surface area contributed by atoms with Crippen molar-refractivity contribution in [2.24, 2.45) is 0 Å². The van der Waals surface area contributed by atoms with E-state index in [1.54, 1.807) is 0 Å². The number of ether oxygens (including phenoxy) is 1. The van der Waals surface area contributed by atoms with Crippen molar-refractivity contribution in [2.45, 2.75) is 50.1 Å². The van der Waals surface area contributed by atoms with Gasteiger partial charge in [0.2, 0.25) is 0 Å². The van der Waals surface area contributed by atoms with Crippen LogP contribution in [0.15, 0.2) is 30.3 Å². The first-order valence-electron chi connectivity index (χ1n) is 7.37. The Morgan fingerprint density at radius 2 is 2.00 bits per heavy atom. The zero-order valence-electron chi connectivity index (χ0n) is 12.6. The van der Waals surface area contributed by atoms with Gasteiger partial charge < -0.3 is 15.2 Å². The molecule has 0 heterocycles. The van der Waals surface area contributed by atoms with Gasteiger partial charge in [0.25, 0.3) is 0 Å². The van der Waals surface area contributed by atoms with Gasteiger partial charge in [-0.1, -0.05) is 66.0 Å². The lowest BCUT2D eigenvalue weighted by atomic mass is 10.1. The molecule has 6 heteroatoms. The fraction of sp³-hybridized carbons (Fsp3) is 0.500. The summed E-state index contributed by atoms with van der Waals surface area (Å²) < 4.78 is 5.04. The number of nitrogens with one attached hydrogen (secondary N) is 1. The van der Waals surface area contributed by atoms with Gasteiger partial charge in [0, 0.05) is 4.83 Å². The molecule has 2 N–H and O–H groups in total. The number of hydrogen-bond donors (Lipinski definition) is 2. The summed E-state index contributed by atoms with van der Waals surface area (Å²) in [6.07, 6.45) is 2.55. The van der Waals surface area contributed by atoms with Crippen LogP contribution in [0.1, 0.15) is 38.2 Å². The van der Waals surface area contributed by atoms with E-state index in [1.807, 2.05) is 30.3 Å². The highest BCUT2D eigenvalue weighted by atomic mass is 79.9. The first kappa shape index (κ1) is 18.5. The third-order valence-electron chi connectivity index (χ3n) is 3.17. The molecule has 1 rings (SSSR count). The third kappa shape index (κ3) is 7.45. The first-order valence-corrected chi connectivity index (χ1v) is 8.28. The Morgan fingerprint density at radius 1 is 1.32 bits per heavy atom. The molecule has 0 saturated heterocycles. The van der Waals surface area contributed by atoms with E-state index >= 15 is 0 Å². The van der Waals surface area contributed by atoms with Crippen molar-refractivity contribution < 1.29 is 19.4 Å². The Hall–Kier alpha value is -1.56. The number of carbonyl (C=O) groups excluding carboxylic acids is 1. The number of alkyl halides is 1. The smallest absolute Gasteiger partial charge is 0.408 e. The molecule has 1 aromatic carbocycles. The first-order chi connectivity index (χ1) is 10.5. The fourth-order valence-corrected chi connectivity index (χ4v) is 2.63. The van der Waals surface area contributed by atoms with Crippen LogP contribution in [0.5, 0.6) is 0 Å². The quantitative estimate of drug-likeness (QED) is 0.648. The molecule has 0 bridgehead atoms. The van der Waals surface area contributed by atoms with Crippen molar-refractivity contribution in [3.63, 3.8) is 0 Å². The summed E-state index contributed by atoms with van der Waals surface area (Å²) in [6, 6.07) is 8.28. The standard InChI is InChI=1S/C16H22BrNO4/c1-2-3-9-13(17)10-14(15(19)20)18-16(21)22-11-12-7-5-4-6-8-12/h4-8,13-14H,2-3,9-11H2,1H3,(H,18,21)(H,19,20). The molecule has 122 valence electrons. The number of carbonyl (C=O) groups is 2. The lowest BCUT2D eigenvalue weighted by Crippen LogP contribution is -2.42. The van der Waals surface area contributed by atoms with Crippen LogP contribution in [0.4, 0.5) is 4.79 Å². The molecule has 0 aromatic heterocycles. The summed E-state index contributed by atoms with van der Waals surface area (Å²) in [4.78, 5) is 23.0. The van der Waals surface area contributed by atoms with E-state index in [-0.39, 0.29) is 11.4 Å². The number of carboxylic acids is 1. The Kier molecular flexibility index (Phi) is 8.58. The molecule has 2 atom stereocenters. The van der Waals surface area contributed by atoms with Crippen molar-refractivity contribution in [3.8, 4) is 0 Å². The molecular weight excluding hydrogens is 350 g/mol. The predicted octanol–water partition coefficient (Wildman–Crippen LogP) is 3.71. The SMILES string of the molecule is CCCCC(Br)CC(NC(=O)OCc1ccccc1)C(=O)O.